The molecule has 0 saturated carbocycles. The Balaban J connectivity index is 1.37. The molecule has 2 aromatic rings. The van der Waals surface area contributed by atoms with E-state index in [0.29, 0.717) is 16.8 Å². The van der Waals surface area contributed by atoms with Crippen LogP contribution in [0.25, 0.3) is 0 Å². The van der Waals surface area contributed by atoms with Gasteiger partial charge in [0, 0.05) is 50.1 Å². The summed E-state index contributed by atoms with van der Waals surface area (Å²) in [5, 5.41) is 9.75. The van der Waals surface area contributed by atoms with Gasteiger partial charge >= 0.3 is 5.97 Å². The summed E-state index contributed by atoms with van der Waals surface area (Å²) in [6.07, 6.45) is 6.36. The quantitative estimate of drug-likeness (QED) is 0.666. The number of ether oxygens (including phenoxy) is 2. The first-order chi connectivity index (χ1) is 15.4. The largest absolute Gasteiger partial charge is 0.481 e. The standard InChI is InChI=1S/C23H29ClN4O4/c1-15-14-27(19-11-22(31-2)26-13-18(19)24)9-7-20(15)32-21-6-5-17(12-25-21)28-8-3-4-16(28)10-23(29)30/h5-6,11-13,15-16,20H,3-4,7-10,14H2,1-2H3,(H,29,30)/t15?,16-,20?/m1/s1. The monoisotopic (exact) mass is 460 g/mol. The Morgan fingerprint density at radius 2 is 2.03 bits per heavy atom. The molecule has 2 aliphatic heterocycles. The van der Waals surface area contributed by atoms with Crippen molar-refractivity contribution in [2.24, 2.45) is 5.92 Å². The Bertz CT molecular complexity index is 942. The number of pyridine rings is 2. The van der Waals surface area contributed by atoms with Gasteiger partial charge in [-0.05, 0) is 18.9 Å². The van der Waals surface area contributed by atoms with Crippen molar-refractivity contribution in [1.82, 2.24) is 9.97 Å². The molecule has 0 bridgehead atoms. The van der Waals surface area contributed by atoms with E-state index in [-0.39, 0.29) is 24.5 Å². The van der Waals surface area contributed by atoms with Gasteiger partial charge in [-0.15, -0.1) is 0 Å². The van der Waals surface area contributed by atoms with Crippen LogP contribution < -0.4 is 19.3 Å². The van der Waals surface area contributed by atoms with Crippen LogP contribution in [-0.4, -0.2) is 59.9 Å². The van der Waals surface area contributed by atoms with Crippen molar-refractivity contribution < 1.29 is 19.4 Å². The van der Waals surface area contributed by atoms with Crippen molar-refractivity contribution in [2.75, 3.05) is 36.5 Å². The van der Waals surface area contributed by atoms with Crippen LogP contribution in [-0.2, 0) is 4.79 Å². The molecule has 0 radical (unpaired) electrons. The van der Waals surface area contributed by atoms with Gasteiger partial charge in [-0.25, -0.2) is 9.97 Å². The molecule has 2 unspecified atom stereocenters. The van der Waals surface area contributed by atoms with Gasteiger partial charge in [0.15, 0.2) is 0 Å². The first-order valence-corrected chi connectivity index (χ1v) is 11.4. The lowest BCUT2D eigenvalue weighted by atomic mass is 9.96. The molecule has 4 heterocycles. The predicted molar refractivity (Wildman–Crippen MR) is 123 cm³/mol. The van der Waals surface area contributed by atoms with Gasteiger partial charge in [0.1, 0.15) is 6.10 Å². The number of hydrogen-bond donors (Lipinski definition) is 1. The van der Waals surface area contributed by atoms with Crippen molar-refractivity contribution >= 4 is 28.9 Å². The fraction of sp³-hybridized carbons (Fsp3) is 0.522. The maximum atomic E-state index is 11.1. The number of aromatic nitrogens is 2. The number of rotatable bonds is 7. The summed E-state index contributed by atoms with van der Waals surface area (Å²) in [7, 11) is 1.59. The number of carbonyl (C=O) groups is 1. The maximum absolute atomic E-state index is 11.1. The summed E-state index contributed by atoms with van der Waals surface area (Å²) < 4.78 is 11.5. The first kappa shape index (κ1) is 22.5. The van der Waals surface area contributed by atoms with E-state index in [0.717, 1.165) is 50.3 Å². The second-order valence-corrected chi connectivity index (χ2v) is 8.90. The van der Waals surface area contributed by atoms with Gasteiger partial charge in [0.2, 0.25) is 11.8 Å². The molecule has 1 N–H and O–H groups in total. The number of nitrogens with zero attached hydrogens (tertiary/aromatic N) is 4. The smallest absolute Gasteiger partial charge is 0.305 e. The SMILES string of the molecule is COc1cc(N2CCC(Oc3ccc(N4CCC[C@@H]4CC(=O)O)cn3)C(C)C2)c(Cl)cn1. The summed E-state index contributed by atoms with van der Waals surface area (Å²) >= 11 is 6.37. The molecular weight excluding hydrogens is 432 g/mol. The topological polar surface area (TPSA) is 88.0 Å². The van der Waals surface area contributed by atoms with E-state index in [2.05, 4.69) is 26.7 Å². The van der Waals surface area contributed by atoms with Crippen molar-refractivity contribution in [3.05, 3.63) is 35.6 Å². The lowest BCUT2D eigenvalue weighted by molar-refractivity contribution is -0.137. The first-order valence-electron chi connectivity index (χ1n) is 11.0. The average Bonchev–Trinajstić information content (AvgIpc) is 3.23. The Morgan fingerprint density at radius 3 is 2.72 bits per heavy atom. The Morgan fingerprint density at radius 1 is 1.22 bits per heavy atom. The van der Waals surface area contributed by atoms with Crippen LogP contribution in [0.3, 0.4) is 0 Å². The molecule has 0 spiro atoms. The fourth-order valence-electron chi connectivity index (χ4n) is 4.64. The number of methoxy groups -OCH3 is 1. The Labute approximate surface area is 193 Å². The summed E-state index contributed by atoms with van der Waals surface area (Å²) in [6, 6.07) is 5.76. The van der Waals surface area contributed by atoms with Gasteiger partial charge in [0.05, 0.1) is 42.3 Å². The average molecular weight is 461 g/mol. The molecule has 2 saturated heterocycles. The highest BCUT2D eigenvalue weighted by Gasteiger charge is 2.30. The molecule has 9 heteroatoms. The number of piperidine rings is 1. The number of halogens is 1. The second-order valence-electron chi connectivity index (χ2n) is 8.49. The molecule has 3 atom stereocenters. The van der Waals surface area contributed by atoms with Crippen LogP contribution in [0.5, 0.6) is 11.8 Å². The third-order valence-corrected chi connectivity index (χ3v) is 6.59. The minimum atomic E-state index is -0.762. The van der Waals surface area contributed by atoms with Gasteiger partial charge in [-0.3, -0.25) is 4.79 Å². The van der Waals surface area contributed by atoms with Gasteiger partial charge in [0.25, 0.3) is 0 Å². The number of hydrogen-bond acceptors (Lipinski definition) is 7. The lowest BCUT2D eigenvalue weighted by Crippen LogP contribution is -2.44. The zero-order valence-electron chi connectivity index (χ0n) is 18.4. The number of aliphatic carboxylic acids is 1. The van der Waals surface area contributed by atoms with Gasteiger partial charge in [-0.2, -0.15) is 0 Å². The summed E-state index contributed by atoms with van der Waals surface area (Å²) in [4.78, 5) is 24.2. The molecule has 8 nitrogen and oxygen atoms in total. The zero-order chi connectivity index (χ0) is 22.7. The van der Waals surface area contributed by atoms with Crippen LogP contribution >= 0.6 is 11.6 Å². The molecule has 2 fully saturated rings. The van der Waals surface area contributed by atoms with Crippen molar-refractivity contribution in [3.63, 3.8) is 0 Å². The van der Waals surface area contributed by atoms with Crippen LogP contribution in [0.15, 0.2) is 30.6 Å². The fourth-order valence-corrected chi connectivity index (χ4v) is 4.86. The van der Waals surface area contributed by atoms with Crippen LogP contribution in [0.2, 0.25) is 5.02 Å². The summed E-state index contributed by atoms with van der Waals surface area (Å²) in [5.41, 5.74) is 1.87. The van der Waals surface area contributed by atoms with Crippen LogP contribution in [0.4, 0.5) is 11.4 Å². The molecule has 2 aliphatic rings. The highest BCUT2D eigenvalue weighted by atomic mass is 35.5. The van der Waals surface area contributed by atoms with E-state index >= 15 is 0 Å². The number of anilines is 2. The Kier molecular flexibility index (Phi) is 6.89. The molecule has 2 aromatic heterocycles. The number of carboxylic acids is 1. The summed E-state index contributed by atoms with van der Waals surface area (Å²) in [6.45, 7) is 4.64. The molecule has 32 heavy (non-hydrogen) atoms. The van der Waals surface area contributed by atoms with Gasteiger partial charge < -0.3 is 24.4 Å². The molecule has 172 valence electrons. The predicted octanol–water partition coefficient (Wildman–Crippen LogP) is 3.88. The molecular formula is C23H29ClN4O4. The van der Waals surface area contributed by atoms with Crippen molar-refractivity contribution in [2.45, 2.75) is 44.8 Å². The van der Waals surface area contributed by atoms with Crippen LogP contribution in [0, 0.1) is 5.92 Å². The minimum absolute atomic E-state index is 0.0315. The Hall–Kier alpha value is -2.74. The van der Waals surface area contributed by atoms with E-state index in [1.165, 1.54) is 0 Å². The molecule has 0 amide bonds. The third kappa shape index (κ3) is 5.01. The van der Waals surface area contributed by atoms with E-state index in [1.807, 2.05) is 18.2 Å². The van der Waals surface area contributed by atoms with E-state index < -0.39 is 5.97 Å². The molecule has 0 aromatic carbocycles. The van der Waals surface area contributed by atoms with E-state index in [4.69, 9.17) is 26.2 Å². The van der Waals surface area contributed by atoms with Crippen LogP contribution in [0.1, 0.15) is 32.6 Å². The minimum Gasteiger partial charge on any atom is -0.481 e. The van der Waals surface area contributed by atoms with E-state index in [9.17, 15) is 4.79 Å². The highest BCUT2D eigenvalue weighted by molar-refractivity contribution is 6.33. The van der Waals surface area contributed by atoms with E-state index in [1.54, 1.807) is 19.5 Å². The highest BCUT2D eigenvalue weighted by Crippen LogP contribution is 2.33. The van der Waals surface area contributed by atoms with Gasteiger partial charge in [-0.1, -0.05) is 18.5 Å². The second kappa shape index (κ2) is 9.81. The molecule has 4 rings (SSSR count). The molecule has 0 aliphatic carbocycles. The maximum Gasteiger partial charge on any atom is 0.305 e. The third-order valence-electron chi connectivity index (χ3n) is 6.30. The zero-order valence-corrected chi connectivity index (χ0v) is 19.2. The normalized spacial score (nSPS) is 23.3. The summed E-state index contributed by atoms with van der Waals surface area (Å²) in [5.74, 6) is 0.653. The lowest BCUT2D eigenvalue weighted by Gasteiger charge is -2.38. The van der Waals surface area contributed by atoms with Crippen molar-refractivity contribution in [1.29, 1.82) is 0 Å². The van der Waals surface area contributed by atoms with Crippen molar-refractivity contribution in [3.8, 4) is 11.8 Å². The number of carboxylic acid groups (broad SMARTS) is 1.